The van der Waals surface area contributed by atoms with Crippen LogP contribution in [-0.4, -0.2) is 69.1 Å². The van der Waals surface area contributed by atoms with Crippen LogP contribution in [0.3, 0.4) is 0 Å². The van der Waals surface area contributed by atoms with E-state index in [1.807, 2.05) is 4.90 Å². The molecule has 0 aromatic heterocycles. The quantitative estimate of drug-likeness (QED) is 0.831. The molecular weight excluding hydrogens is 338 g/mol. The van der Waals surface area contributed by atoms with Gasteiger partial charge in [-0.1, -0.05) is 24.3 Å². The van der Waals surface area contributed by atoms with Crippen LogP contribution >= 0.6 is 0 Å². The van der Waals surface area contributed by atoms with Crippen molar-refractivity contribution in [3.05, 3.63) is 35.4 Å². The molecule has 2 aliphatic rings. The molecule has 138 valence electrons. The molecule has 1 aliphatic heterocycles. The van der Waals surface area contributed by atoms with Crippen molar-refractivity contribution in [3.8, 4) is 0 Å². The molecule has 1 aromatic rings. The van der Waals surface area contributed by atoms with Crippen molar-refractivity contribution in [2.75, 3.05) is 39.0 Å². The second-order valence-corrected chi connectivity index (χ2v) is 8.83. The molecule has 1 saturated heterocycles. The van der Waals surface area contributed by atoms with E-state index in [0.717, 1.165) is 45.3 Å². The lowest BCUT2D eigenvalue weighted by atomic mass is 9.87. The van der Waals surface area contributed by atoms with E-state index in [9.17, 15) is 13.2 Å². The molecule has 7 heteroatoms. The normalized spacial score (nSPS) is 21.8. The maximum Gasteiger partial charge on any atom is 0.223 e. The van der Waals surface area contributed by atoms with Gasteiger partial charge < -0.3 is 4.90 Å². The molecule has 0 saturated carbocycles. The van der Waals surface area contributed by atoms with Gasteiger partial charge in [-0.25, -0.2) is 13.1 Å². The van der Waals surface area contributed by atoms with Gasteiger partial charge in [0.2, 0.25) is 15.9 Å². The molecule has 25 heavy (non-hydrogen) atoms. The standard InChI is InChI=1S/C18H27N3O3S/c1-25(23,24)19-9-8-18(22)21-12-10-20(11-13-21)17-7-6-15-4-2-3-5-16(15)14-17/h2-5,17,19H,6-14H2,1H3/t17-/m0/s1. The summed E-state index contributed by atoms with van der Waals surface area (Å²) in [7, 11) is -3.23. The Morgan fingerprint density at radius 3 is 2.52 bits per heavy atom. The topological polar surface area (TPSA) is 69.7 Å². The molecule has 1 fully saturated rings. The Balaban J connectivity index is 1.45. The smallest absolute Gasteiger partial charge is 0.223 e. The average molecular weight is 365 g/mol. The number of benzene rings is 1. The third kappa shape index (κ3) is 5.03. The Morgan fingerprint density at radius 2 is 1.84 bits per heavy atom. The van der Waals surface area contributed by atoms with Crippen LogP contribution in [0.1, 0.15) is 24.0 Å². The second-order valence-electron chi connectivity index (χ2n) is 7.00. The van der Waals surface area contributed by atoms with Crippen LogP contribution in [0.2, 0.25) is 0 Å². The predicted molar refractivity (Wildman–Crippen MR) is 97.9 cm³/mol. The maximum atomic E-state index is 12.2. The van der Waals surface area contributed by atoms with Crippen molar-refractivity contribution in [2.45, 2.75) is 31.7 Å². The summed E-state index contributed by atoms with van der Waals surface area (Å²) < 4.78 is 24.5. The SMILES string of the molecule is CS(=O)(=O)NCCC(=O)N1CCN([C@H]2CCc3ccccc3C2)CC1. The fourth-order valence-electron chi connectivity index (χ4n) is 3.83. The van der Waals surface area contributed by atoms with Crippen LogP contribution in [-0.2, 0) is 27.7 Å². The van der Waals surface area contributed by atoms with Crippen LogP contribution in [0.5, 0.6) is 0 Å². The van der Waals surface area contributed by atoms with Crippen molar-refractivity contribution >= 4 is 15.9 Å². The number of rotatable bonds is 5. The van der Waals surface area contributed by atoms with E-state index in [0.29, 0.717) is 6.04 Å². The van der Waals surface area contributed by atoms with Crippen LogP contribution in [0.4, 0.5) is 0 Å². The van der Waals surface area contributed by atoms with Gasteiger partial charge in [0, 0.05) is 45.2 Å². The van der Waals surface area contributed by atoms with Crippen molar-refractivity contribution in [1.82, 2.24) is 14.5 Å². The number of hydrogen-bond donors (Lipinski definition) is 1. The lowest BCUT2D eigenvalue weighted by Crippen LogP contribution is -2.53. The summed E-state index contributed by atoms with van der Waals surface area (Å²) in [6, 6.07) is 9.26. The lowest BCUT2D eigenvalue weighted by molar-refractivity contribution is -0.133. The van der Waals surface area contributed by atoms with E-state index >= 15 is 0 Å². The van der Waals surface area contributed by atoms with Gasteiger partial charge in [0.15, 0.2) is 0 Å². The zero-order valence-electron chi connectivity index (χ0n) is 14.8. The van der Waals surface area contributed by atoms with Crippen LogP contribution in [0, 0.1) is 0 Å². The molecule has 1 heterocycles. The summed E-state index contributed by atoms with van der Waals surface area (Å²) in [5.41, 5.74) is 2.94. The fourth-order valence-corrected chi connectivity index (χ4v) is 4.30. The molecule has 0 spiro atoms. The van der Waals surface area contributed by atoms with Crippen molar-refractivity contribution in [1.29, 1.82) is 0 Å². The zero-order chi connectivity index (χ0) is 17.9. The number of fused-ring (bicyclic) bond motifs is 1. The number of piperazine rings is 1. The Bertz CT molecular complexity index is 712. The summed E-state index contributed by atoms with van der Waals surface area (Å²) in [5, 5.41) is 0. The number of nitrogens with zero attached hydrogens (tertiary/aromatic N) is 2. The minimum Gasteiger partial charge on any atom is -0.340 e. The number of carbonyl (C=O) groups is 1. The van der Waals surface area contributed by atoms with Crippen LogP contribution < -0.4 is 4.72 Å². The largest absolute Gasteiger partial charge is 0.340 e. The number of sulfonamides is 1. The fraction of sp³-hybridized carbons (Fsp3) is 0.611. The van der Waals surface area contributed by atoms with Gasteiger partial charge in [-0.15, -0.1) is 0 Å². The number of amides is 1. The summed E-state index contributed by atoms with van der Waals surface area (Å²) in [4.78, 5) is 16.6. The first-order valence-corrected chi connectivity index (χ1v) is 10.8. The predicted octanol–water partition coefficient (Wildman–Crippen LogP) is 0.627. The highest BCUT2D eigenvalue weighted by molar-refractivity contribution is 7.88. The highest BCUT2D eigenvalue weighted by Gasteiger charge is 2.28. The van der Waals surface area contributed by atoms with E-state index in [2.05, 4.69) is 33.9 Å². The van der Waals surface area contributed by atoms with E-state index in [-0.39, 0.29) is 18.9 Å². The molecule has 6 nitrogen and oxygen atoms in total. The summed E-state index contributed by atoms with van der Waals surface area (Å²) >= 11 is 0. The lowest BCUT2D eigenvalue weighted by Gasteiger charge is -2.41. The molecule has 1 aromatic carbocycles. The first kappa shape index (κ1) is 18.4. The molecule has 0 bridgehead atoms. The molecule has 1 aliphatic carbocycles. The Morgan fingerprint density at radius 1 is 1.16 bits per heavy atom. The highest BCUT2D eigenvalue weighted by Crippen LogP contribution is 2.25. The minimum atomic E-state index is -3.23. The van der Waals surface area contributed by atoms with E-state index in [1.165, 1.54) is 17.5 Å². The van der Waals surface area contributed by atoms with Gasteiger partial charge in [0.05, 0.1) is 6.26 Å². The Kier molecular flexibility index (Phi) is 5.76. The van der Waals surface area contributed by atoms with Crippen LogP contribution in [0.25, 0.3) is 0 Å². The van der Waals surface area contributed by atoms with Gasteiger partial charge in [0.1, 0.15) is 0 Å². The first-order valence-electron chi connectivity index (χ1n) is 8.95. The van der Waals surface area contributed by atoms with Crippen molar-refractivity contribution in [3.63, 3.8) is 0 Å². The monoisotopic (exact) mass is 365 g/mol. The number of hydrogen-bond acceptors (Lipinski definition) is 4. The van der Waals surface area contributed by atoms with Gasteiger partial charge >= 0.3 is 0 Å². The molecule has 0 radical (unpaired) electrons. The Labute approximate surface area is 150 Å². The summed E-state index contributed by atoms with van der Waals surface area (Å²) in [6.07, 6.45) is 4.76. The number of aryl methyl sites for hydroxylation is 1. The van der Waals surface area contributed by atoms with Gasteiger partial charge in [-0.2, -0.15) is 0 Å². The third-order valence-corrected chi connectivity index (χ3v) is 5.94. The van der Waals surface area contributed by atoms with Crippen LogP contribution in [0.15, 0.2) is 24.3 Å². The number of carbonyl (C=O) groups excluding carboxylic acids is 1. The summed E-state index contributed by atoms with van der Waals surface area (Å²) in [6.45, 7) is 3.44. The molecule has 1 amide bonds. The number of nitrogens with one attached hydrogen (secondary N) is 1. The van der Waals surface area contributed by atoms with Crippen molar-refractivity contribution in [2.24, 2.45) is 0 Å². The van der Waals surface area contributed by atoms with E-state index in [4.69, 9.17) is 0 Å². The van der Waals surface area contributed by atoms with Gasteiger partial charge in [-0.05, 0) is 30.4 Å². The second kappa shape index (κ2) is 7.85. The maximum absolute atomic E-state index is 12.2. The van der Waals surface area contributed by atoms with Gasteiger partial charge in [-0.3, -0.25) is 9.69 Å². The molecular formula is C18H27N3O3S. The molecule has 3 rings (SSSR count). The third-order valence-electron chi connectivity index (χ3n) is 5.21. The Hall–Kier alpha value is -1.44. The summed E-state index contributed by atoms with van der Waals surface area (Å²) in [5.74, 6) is 0.0322. The van der Waals surface area contributed by atoms with Gasteiger partial charge in [0.25, 0.3) is 0 Å². The molecule has 1 atom stereocenters. The zero-order valence-corrected chi connectivity index (χ0v) is 15.6. The highest BCUT2D eigenvalue weighted by atomic mass is 32.2. The first-order chi connectivity index (χ1) is 11.9. The van der Waals surface area contributed by atoms with E-state index < -0.39 is 10.0 Å². The minimum absolute atomic E-state index is 0.0322. The average Bonchev–Trinajstić information content (AvgIpc) is 2.60. The molecule has 0 unspecified atom stereocenters. The molecule has 1 N–H and O–H groups in total. The van der Waals surface area contributed by atoms with Crippen molar-refractivity contribution < 1.29 is 13.2 Å². The van der Waals surface area contributed by atoms with E-state index in [1.54, 1.807) is 0 Å².